The molecular formula is C28H51F. The van der Waals surface area contributed by atoms with Crippen LogP contribution < -0.4 is 0 Å². The molecule has 0 amide bonds. The summed E-state index contributed by atoms with van der Waals surface area (Å²) in [6.45, 7) is 2.21. The summed E-state index contributed by atoms with van der Waals surface area (Å²) in [7, 11) is 0. The van der Waals surface area contributed by atoms with E-state index in [1.807, 2.05) is 0 Å². The molecule has 0 spiro atoms. The van der Waals surface area contributed by atoms with E-state index < -0.39 is 0 Å². The molecule has 0 nitrogen and oxygen atoms in total. The highest BCUT2D eigenvalue weighted by atomic mass is 19.1. The van der Waals surface area contributed by atoms with Gasteiger partial charge in [0.2, 0.25) is 0 Å². The zero-order valence-corrected chi connectivity index (χ0v) is 19.7. The Morgan fingerprint density at radius 3 is 1.28 bits per heavy atom. The van der Waals surface area contributed by atoms with Crippen molar-refractivity contribution in [1.29, 1.82) is 0 Å². The molecule has 3 aliphatic rings. The predicted octanol–water partition coefficient (Wildman–Crippen LogP) is 9.52. The van der Waals surface area contributed by atoms with Gasteiger partial charge < -0.3 is 0 Å². The molecule has 0 unspecified atom stereocenters. The van der Waals surface area contributed by atoms with Crippen molar-refractivity contribution in [2.24, 2.45) is 35.5 Å². The third-order valence-corrected chi connectivity index (χ3v) is 9.39. The van der Waals surface area contributed by atoms with Gasteiger partial charge in [-0.25, -0.2) is 0 Å². The second-order valence-corrected chi connectivity index (χ2v) is 11.3. The van der Waals surface area contributed by atoms with Crippen molar-refractivity contribution >= 4 is 0 Å². The number of hydrogen-bond acceptors (Lipinski definition) is 0. The van der Waals surface area contributed by atoms with Crippen molar-refractivity contribution in [2.45, 2.75) is 135 Å². The van der Waals surface area contributed by atoms with Gasteiger partial charge in [0.15, 0.2) is 0 Å². The summed E-state index contributed by atoms with van der Waals surface area (Å²) in [5.74, 6) is 6.10. The van der Waals surface area contributed by atoms with Crippen molar-refractivity contribution in [3.63, 3.8) is 0 Å². The van der Waals surface area contributed by atoms with Gasteiger partial charge in [0, 0.05) is 0 Å². The SMILES string of the molecule is CCCCCCCC1CCC(C2CCC(C3CCC(CCCF)CC3)CC2)CC1. The quantitative estimate of drug-likeness (QED) is 0.300. The molecule has 0 aromatic rings. The van der Waals surface area contributed by atoms with Crippen LogP contribution in [-0.4, -0.2) is 6.67 Å². The summed E-state index contributed by atoms with van der Waals surface area (Å²) in [6, 6.07) is 0. The van der Waals surface area contributed by atoms with Crippen LogP contribution in [0.1, 0.15) is 135 Å². The van der Waals surface area contributed by atoms with Gasteiger partial charge in [-0.2, -0.15) is 0 Å². The van der Waals surface area contributed by atoms with Gasteiger partial charge >= 0.3 is 0 Å². The van der Waals surface area contributed by atoms with Gasteiger partial charge in [-0.15, -0.1) is 0 Å². The summed E-state index contributed by atoms with van der Waals surface area (Å²) in [5.41, 5.74) is 0. The fourth-order valence-corrected chi connectivity index (χ4v) is 7.39. The molecule has 3 rings (SSSR count). The van der Waals surface area contributed by atoms with E-state index in [4.69, 9.17) is 0 Å². The van der Waals surface area contributed by atoms with E-state index in [0.717, 1.165) is 48.3 Å². The second-order valence-electron chi connectivity index (χ2n) is 11.3. The number of hydrogen-bond donors (Lipinski definition) is 0. The zero-order valence-electron chi connectivity index (χ0n) is 19.7. The summed E-state index contributed by atoms with van der Waals surface area (Å²) in [6.07, 6.45) is 28.8. The molecule has 0 heterocycles. The van der Waals surface area contributed by atoms with Crippen molar-refractivity contribution in [1.82, 2.24) is 0 Å². The minimum absolute atomic E-state index is 0.106. The molecule has 3 aliphatic carbocycles. The maximum Gasteiger partial charge on any atom is 0.0894 e. The average molecular weight is 407 g/mol. The second kappa shape index (κ2) is 13.4. The van der Waals surface area contributed by atoms with Crippen LogP contribution in [-0.2, 0) is 0 Å². The van der Waals surface area contributed by atoms with Crippen LogP contribution in [0.25, 0.3) is 0 Å². The normalized spacial score (nSPS) is 36.2. The maximum absolute atomic E-state index is 12.4. The molecule has 0 bridgehead atoms. The van der Waals surface area contributed by atoms with Gasteiger partial charge in [-0.1, -0.05) is 71.1 Å². The van der Waals surface area contributed by atoms with E-state index in [1.165, 1.54) is 77.0 Å². The summed E-state index contributed by atoms with van der Waals surface area (Å²) >= 11 is 0. The zero-order chi connectivity index (χ0) is 20.3. The largest absolute Gasteiger partial charge is 0.251 e. The summed E-state index contributed by atoms with van der Waals surface area (Å²) in [4.78, 5) is 0. The lowest BCUT2D eigenvalue weighted by Gasteiger charge is -2.41. The summed E-state index contributed by atoms with van der Waals surface area (Å²) in [5, 5.41) is 0. The van der Waals surface area contributed by atoms with Crippen LogP contribution in [0.2, 0.25) is 0 Å². The Morgan fingerprint density at radius 2 is 0.862 bits per heavy atom. The highest BCUT2D eigenvalue weighted by molar-refractivity contribution is 4.86. The molecule has 1 heteroatoms. The van der Waals surface area contributed by atoms with Crippen molar-refractivity contribution in [3.8, 4) is 0 Å². The van der Waals surface area contributed by atoms with E-state index in [9.17, 15) is 4.39 Å². The van der Waals surface area contributed by atoms with Crippen LogP contribution in [0.3, 0.4) is 0 Å². The average Bonchev–Trinajstić information content (AvgIpc) is 2.78. The fraction of sp³-hybridized carbons (Fsp3) is 1.00. The van der Waals surface area contributed by atoms with E-state index >= 15 is 0 Å². The molecule has 3 fully saturated rings. The van der Waals surface area contributed by atoms with Crippen LogP contribution in [0, 0.1) is 35.5 Å². The Labute approximate surface area is 182 Å². The molecule has 3 saturated carbocycles. The maximum atomic E-state index is 12.4. The monoisotopic (exact) mass is 406 g/mol. The van der Waals surface area contributed by atoms with Gasteiger partial charge in [-0.05, 0) is 99.7 Å². The molecule has 0 aliphatic heterocycles. The molecule has 0 aromatic carbocycles. The van der Waals surface area contributed by atoms with Gasteiger partial charge in [0.25, 0.3) is 0 Å². The third-order valence-electron chi connectivity index (χ3n) is 9.39. The third kappa shape index (κ3) is 7.84. The topological polar surface area (TPSA) is 0 Å². The molecule has 0 atom stereocenters. The minimum atomic E-state index is -0.106. The first-order valence-electron chi connectivity index (χ1n) is 13.9. The van der Waals surface area contributed by atoms with E-state index in [2.05, 4.69) is 6.92 Å². The van der Waals surface area contributed by atoms with Gasteiger partial charge in [0.1, 0.15) is 0 Å². The first-order chi connectivity index (χ1) is 14.3. The van der Waals surface area contributed by atoms with Crippen LogP contribution >= 0.6 is 0 Å². The van der Waals surface area contributed by atoms with Gasteiger partial charge in [-0.3, -0.25) is 4.39 Å². The van der Waals surface area contributed by atoms with Crippen molar-refractivity contribution < 1.29 is 4.39 Å². The number of halogens is 1. The lowest BCUT2D eigenvalue weighted by Crippen LogP contribution is -2.29. The first kappa shape index (κ1) is 23.6. The van der Waals surface area contributed by atoms with Crippen LogP contribution in [0.4, 0.5) is 4.39 Å². The molecule has 0 radical (unpaired) electrons. The Bertz CT molecular complexity index is 395. The molecule has 0 aromatic heterocycles. The Hall–Kier alpha value is -0.0700. The number of alkyl halides is 1. The molecule has 170 valence electrons. The predicted molar refractivity (Wildman–Crippen MR) is 125 cm³/mol. The Morgan fingerprint density at radius 1 is 0.483 bits per heavy atom. The Kier molecular flexibility index (Phi) is 10.9. The lowest BCUT2D eigenvalue weighted by atomic mass is 9.64. The van der Waals surface area contributed by atoms with E-state index in [-0.39, 0.29) is 6.67 Å². The fourth-order valence-electron chi connectivity index (χ4n) is 7.39. The van der Waals surface area contributed by atoms with Crippen LogP contribution in [0.15, 0.2) is 0 Å². The molecule has 29 heavy (non-hydrogen) atoms. The van der Waals surface area contributed by atoms with Crippen LogP contribution in [0.5, 0.6) is 0 Å². The molecule has 0 N–H and O–H groups in total. The number of rotatable bonds is 11. The van der Waals surface area contributed by atoms with E-state index in [0.29, 0.717) is 0 Å². The van der Waals surface area contributed by atoms with E-state index in [1.54, 1.807) is 38.5 Å². The lowest BCUT2D eigenvalue weighted by molar-refractivity contribution is 0.102. The minimum Gasteiger partial charge on any atom is -0.251 e. The molecule has 0 saturated heterocycles. The molecular weight excluding hydrogens is 355 g/mol. The highest BCUT2D eigenvalue weighted by Crippen LogP contribution is 2.46. The van der Waals surface area contributed by atoms with Crippen molar-refractivity contribution in [3.05, 3.63) is 0 Å². The van der Waals surface area contributed by atoms with Gasteiger partial charge in [0.05, 0.1) is 6.67 Å². The van der Waals surface area contributed by atoms with Crippen molar-refractivity contribution in [2.75, 3.05) is 6.67 Å². The number of unbranched alkanes of at least 4 members (excludes halogenated alkanes) is 4. The standard InChI is InChI=1S/C28H51F/c1-2-3-4-5-6-8-23-10-14-25(15-11-23)27-18-20-28(21-19-27)26-16-12-24(13-17-26)9-7-22-29/h23-28H,2-22H2,1H3. The first-order valence-corrected chi connectivity index (χ1v) is 13.9. The Balaban J connectivity index is 1.27. The smallest absolute Gasteiger partial charge is 0.0894 e. The highest BCUT2D eigenvalue weighted by Gasteiger charge is 2.34. The summed E-state index contributed by atoms with van der Waals surface area (Å²) < 4.78 is 12.4.